The summed E-state index contributed by atoms with van der Waals surface area (Å²) in [6, 6.07) is 2.41. The van der Waals surface area contributed by atoms with Gasteiger partial charge in [-0.15, -0.1) is 0 Å². The van der Waals surface area contributed by atoms with Gasteiger partial charge < -0.3 is 10.8 Å². The Morgan fingerprint density at radius 2 is 2.08 bits per heavy atom. The average molecular weight is 313 g/mol. The summed E-state index contributed by atoms with van der Waals surface area (Å²) in [5, 5.41) is 9.47. The van der Waals surface area contributed by atoms with Crippen LogP contribution in [0.1, 0.15) is 11.6 Å². The van der Waals surface area contributed by atoms with Crippen molar-refractivity contribution in [2.45, 2.75) is 6.04 Å². The predicted octanol–water partition coefficient (Wildman–Crippen LogP) is 2.89. The summed E-state index contributed by atoms with van der Waals surface area (Å²) in [6.07, 6.45) is 0. The summed E-state index contributed by atoms with van der Waals surface area (Å²) in [7, 11) is 0. The van der Waals surface area contributed by atoms with Crippen LogP contribution >= 0.6 is 31.9 Å². The molecule has 0 heterocycles. The predicted molar refractivity (Wildman–Crippen MR) is 56.4 cm³/mol. The molecule has 0 spiro atoms. The minimum absolute atomic E-state index is 0.00796. The van der Waals surface area contributed by atoms with Crippen molar-refractivity contribution >= 4 is 31.9 Å². The first kappa shape index (κ1) is 10.9. The van der Waals surface area contributed by atoms with E-state index in [-0.39, 0.29) is 5.75 Å². The van der Waals surface area contributed by atoms with Crippen LogP contribution in [0.3, 0.4) is 0 Å². The molecule has 0 aromatic heterocycles. The Kier molecular flexibility index (Phi) is 3.70. The average Bonchev–Trinajstić information content (AvgIpc) is 2.02. The van der Waals surface area contributed by atoms with Gasteiger partial charge in [0.2, 0.25) is 0 Å². The standard InChI is InChI=1S/C8H8Br2FNO/c9-4-1-5(10)8(6(12)3-11)7(13)2-4/h1-2,6,13H,3,12H2/t6-/m1/s1. The van der Waals surface area contributed by atoms with Gasteiger partial charge in [-0.2, -0.15) is 0 Å². The summed E-state index contributed by atoms with van der Waals surface area (Å²) >= 11 is 6.40. The monoisotopic (exact) mass is 311 g/mol. The van der Waals surface area contributed by atoms with Crippen molar-refractivity contribution in [1.82, 2.24) is 0 Å². The summed E-state index contributed by atoms with van der Waals surface area (Å²) in [6.45, 7) is -0.701. The van der Waals surface area contributed by atoms with E-state index >= 15 is 0 Å². The van der Waals surface area contributed by atoms with Crippen LogP contribution in [0.25, 0.3) is 0 Å². The molecule has 1 aromatic rings. The molecule has 0 fully saturated rings. The van der Waals surface area contributed by atoms with Crippen LogP contribution in [0.4, 0.5) is 4.39 Å². The van der Waals surface area contributed by atoms with Crippen molar-refractivity contribution in [2.75, 3.05) is 6.67 Å². The van der Waals surface area contributed by atoms with Gasteiger partial charge in [-0.25, -0.2) is 4.39 Å². The van der Waals surface area contributed by atoms with Gasteiger partial charge in [0, 0.05) is 14.5 Å². The highest BCUT2D eigenvalue weighted by atomic mass is 79.9. The SMILES string of the molecule is N[C@H](CF)c1c(O)cc(Br)cc1Br. The molecule has 0 aliphatic carbocycles. The molecule has 2 nitrogen and oxygen atoms in total. The van der Waals surface area contributed by atoms with E-state index in [0.29, 0.717) is 14.5 Å². The van der Waals surface area contributed by atoms with Crippen LogP contribution < -0.4 is 5.73 Å². The first-order valence-electron chi connectivity index (χ1n) is 3.55. The highest BCUT2D eigenvalue weighted by Gasteiger charge is 2.15. The number of alkyl halides is 1. The fraction of sp³-hybridized carbons (Fsp3) is 0.250. The van der Waals surface area contributed by atoms with E-state index in [1.165, 1.54) is 6.07 Å². The molecular formula is C8H8Br2FNO. The van der Waals surface area contributed by atoms with E-state index in [1.807, 2.05) is 0 Å². The largest absolute Gasteiger partial charge is 0.508 e. The number of halogens is 3. The van der Waals surface area contributed by atoms with E-state index in [1.54, 1.807) is 6.07 Å². The number of rotatable bonds is 2. The zero-order valence-electron chi connectivity index (χ0n) is 6.60. The van der Waals surface area contributed by atoms with Gasteiger partial charge in [0.25, 0.3) is 0 Å². The van der Waals surface area contributed by atoms with Crippen LogP contribution in [0.15, 0.2) is 21.1 Å². The molecule has 0 saturated heterocycles. The number of phenolic OH excluding ortho intramolecular Hbond substituents is 1. The first-order chi connectivity index (χ1) is 6.06. The lowest BCUT2D eigenvalue weighted by Crippen LogP contribution is -2.13. The van der Waals surface area contributed by atoms with Gasteiger partial charge in [0.15, 0.2) is 0 Å². The molecule has 0 radical (unpaired) electrons. The summed E-state index contributed by atoms with van der Waals surface area (Å²) in [5.41, 5.74) is 5.86. The molecule has 1 rings (SSSR count). The van der Waals surface area contributed by atoms with Crippen LogP contribution in [-0.4, -0.2) is 11.8 Å². The molecule has 0 amide bonds. The second-order valence-electron chi connectivity index (χ2n) is 2.58. The van der Waals surface area contributed by atoms with Gasteiger partial charge in [-0.3, -0.25) is 0 Å². The number of phenols is 1. The third kappa shape index (κ3) is 2.42. The highest BCUT2D eigenvalue weighted by Crippen LogP contribution is 2.34. The van der Waals surface area contributed by atoms with Crippen molar-refractivity contribution in [3.8, 4) is 5.75 Å². The Labute approximate surface area is 92.2 Å². The van der Waals surface area contributed by atoms with Crippen molar-refractivity contribution in [3.05, 3.63) is 26.6 Å². The maximum atomic E-state index is 12.3. The second-order valence-corrected chi connectivity index (χ2v) is 4.35. The van der Waals surface area contributed by atoms with E-state index in [4.69, 9.17) is 5.73 Å². The third-order valence-corrected chi connectivity index (χ3v) is 2.72. The lowest BCUT2D eigenvalue weighted by molar-refractivity contribution is 0.413. The lowest BCUT2D eigenvalue weighted by Gasteiger charge is -2.12. The van der Waals surface area contributed by atoms with Crippen molar-refractivity contribution in [2.24, 2.45) is 5.73 Å². The second kappa shape index (κ2) is 4.39. The number of benzene rings is 1. The maximum Gasteiger partial charge on any atom is 0.122 e. The van der Waals surface area contributed by atoms with Crippen molar-refractivity contribution in [1.29, 1.82) is 0 Å². The fourth-order valence-electron chi connectivity index (χ4n) is 1.02. The van der Waals surface area contributed by atoms with E-state index in [0.717, 1.165) is 0 Å². The molecule has 0 aliphatic rings. The maximum absolute atomic E-state index is 12.3. The molecule has 1 atom stereocenters. The fourth-order valence-corrected chi connectivity index (χ4v) is 2.51. The number of hydrogen-bond donors (Lipinski definition) is 2. The Bertz CT molecular complexity index is 296. The molecule has 0 saturated carbocycles. The number of nitrogens with two attached hydrogens (primary N) is 1. The molecule has 0 aliphatic heterocycles. The van der Waals surface area contributed by atoms with Gasteiger partial charge in [-0.05, 0) is 12.1 Å². The summed E-state index contributed by atoms with van der Waals surface area (Å²) in [5.74, 6) is -0.00796. The lowest BCUT2D eigenvalue weighted by atomic mass is 10.1. The zero-order valence-corrected chi connectivity index (χ0v) is 9.77. The van der Waals surface area contributed by atoms with Crippen LogP contribution in [0, 0.1) is 0 Å². The van der Waals surface area contributed by atoms with E-state index in [2.05, 4.69) is 31.9 Å². The van der Waals surface area contributed by atoms with E-state index < -0.39 is 12.7 Å². The van der Waals surface area contributed by atoms with Gasteiger partial charge in [-0.1, -0.05) is 31.9 Å². The van der Waals surface area contributed by atoms with Crippen molar-refractivity contribution < 1.29 is 9.50 Å². The quantitative estimate of drug-likeness (QED) is 0.882. The minimum Gasteiger partial charge on any atom is -0.508 e. The van der Waals surface area contributed by atoms with E-state index in [9.17, 15) is 9.50 Å². The Balaban J connectivity index is 3.20. The third-order valence-electron chi connectivity index (χ3n) is 1.61. The molecule has 72 valence electrons. The molecule has 0 bridgehead atoms. The van der Waals surface area contributed by atoms with Gasteiger partial charge >= 0.3 is 0 Å². The molecule has 5 heteroatoms. The first-order valence-corrected chi connectivity index (χ1v) is 5.14. The summed E-state index contributed by atoms with van der Waals surface area (Å²) in [4.78, 5) is 0. The Morgan fingerprint density at radius 1 is 1.46 bits per heavy atom. The van der Waals surface area contributed by atoms with Crippen LogP contribution in [-0.2, 0) is 0 Å². The summed E-state index contributed by atoms with van der Waals surface area (Å²) < 4.78 is 13.6. The minimum atomic E-state index is -0.789. The molecule has 13 heavy (non-hydrogen) atoms. The molecular weight excluding hydrogens is 305 g/mol. The Hall–Kier alpha value is -0.130. The number of hydrogen-bond acceptors (Lipinski definition) is 2. The Morgan fingerprint density at radius 3 is 2.54 bits per heavy atom. The normalized spacial score (nSPS) is 12.9. The molecule has 3 N–H and O–H groups in total. The topological polar surface area (TPSA) is 46.2 Å². The molecule has 0 unspecified atom stereocenters. The number of aromatic hydroxyl groups is 1. The zero-order chi connectivity index (χ0) is 10.0. The van der Waals surface area contributed by atoms with Crippen LogP contribution in [0.5, 0.6) is 5.75 Å². The smallest absolute Gasteiger partial charge is 0.122 e. The molecule has 1 aromatic carbocycles. The highest BCUT2D eigenvalue weighted by molar-refractivity contribution is 9.11. The van der Waals surface area contributed by atoms with Crippen molar-refractivity contribution in [3.63, 3.8) is 0 Å². The van der Waals surface area contributed by atoms with Gasteiger partial charge in [0.1, 0.15) is 12.4 Å². The van der Waals surface area contributed by atoms with Crippen LogP contribution in [0.2, 0.25) is 0 Å². The van der Waals surface area contributed by atoms with Gasteiger partial charge in [0.05, 0.1) is 6.04 Å².